The smallest absolute Gasteiger partial charge is 0.314 e. The van der Waals surface area contributed by atoms with E-state index in [1.807, 2.05) is 18.2 Å². The molecular weight excluding hydrogens is 294 g/mol. The average molecular weight is 317 g/mol. The summed E-state index contributed by atoms with van der Waals surface area (Å²) in [6.07, 6.45) is 1.75. The zero-order valence-electron chi connectivity index (χ0n) is 13.1. The minimum atomic E-state index is -0.0980. The molecule has 0 radical (unpaired) electrons. The molecule has 4 nitrogen and oxygen atoms in total. The van der Waals surface area contributed by atoms with E-state index in [0.717, 1.165) is 35.7 Å². The van der Waals surface area contributed by atoms with Crippen molar-refractivity contribution in [2.75, 3.05) is 13.1 Å². The van der Waals surface area contributed by atoms with E-state index in [9.17, 15) is 4.79 Å². The Balaban J connectivity index is 1.72. The molecule has 0 fully saturated rings. The number of thiazole rings is 1. The molecule has 0 aliphatic carbocycles. The second-order valence-corrected chi connectivity index (χ2v) is 6.48. The number of hydrogen-bond acceptors (Lipinski definition) is 3. The van der Waals surface area contributed by atoms with Crippen LogP contribution in [0.2, 0.25) is 0 Å². The lowest BCUT2D eigenvalue weighted by Gasteiger charge is -2.08. The molecule has 2 N–H and O–H groups in total. The summed E-state index contributed by atoms with van der Waals surface area (Å²) >= 11 is 1.64. The van der Waals surface area contributed by atoms with Crippen molar-refractivity contribution in [2.45, 2.75) is 26.7 Å². The van der Waals surface area contributed by atoms with Crippen molar-refractivity contribution in [1.82, 2.24) is 15.6 Å². The van der Waals surface area contributed by atoms with E-state index >= 15 is 0 Å². The Bertz CT molecular complexity index is 581. The number of amides is 2. The second kappa shape index (κ2) is 8.54. The Hall–Kier alpha value is -1.88. The van der Waals surface area contributed by atoms with E-state index in [-0.39, 0.29) is 6.03 Å². The van der Waals surface area contributed by atoms with E-state index in [0.29, 0.717) is 12.5 Å². The van der Waals surface area contributed by atoms with Crippen LogP contribution in [0, 0.1) is 5.92 Å². The fraction of sp³-hybridized carbons (Fsp3) is 0.412. The highest BCUT2D eigenvalue weighted by Crippen LogP contribution is 2.23. The minimum Gasteiger partial charge on any atom is -0.338 e. The number of urea groups is 1. The van der Waals surface area contributed by atoms with Gasteiger partial charge in [-0.3, -0.25) is 0 Å². The van der Waals surface area contributed by atoms with Crippen LogP contribution >= 0.6 is 11.3 Å². The third kappa shape index (κ3) is 5.48. The number of hydrogen-bond donors (Lipinski definition) is 2. The van der Waals surface area contributed by atoms with Gasteiger partial charge in [0.1, 0.15) is 5.01 Å². The maximum Gasteiger partial charge on any atom is 0.314 e. The van der Waals surface area contributed by atoms with Gasteiger partial charge >= 0.3 is 6.03 Å². The van der Waals surface area contributed by atoms with Crippen LogP contribution in [0.4, 0.5) is 4.79 Å². The molecule has 0 spiro atoms. The first-order valence-corrected chi connectivity index (χ1v) is 8.54. The van der Waals surface area contributed by atoms with Crippen LogP contribution in [0.5, 0.6) is 0 Å². The van der Waals surface area contributed by atoms with Crippen LogP contribution in [-0.4, -0.2) is 24.1 Å². The number of rotatable bonds is 7. The van der Waals surface area contributed by atoms with Crippen LogP contribution in [0.1, 0.15) is 26.0 Å². The number of carbonyl (C=O) groups excluding carboxylic acids is 1. The van der Waals surface area contributed by atoms with E-state index in [4.69, 9.17) is 0 Å². The molecule has 1 aromatic carbocycles. The molecule has 0 aliphatic heterocycles. The lowest BCUT2D eigenvalue weighted by atomic mass is 10.1. The van der Waals surface area contributed by atoms with Gasteiger partial charge in [0.15, 0.2) is 0 Å². The molecule has 22 heavy (non-hydrogen) atoms. The quantitative estimate of drug-likeness (QED) is 0.818. The molecular formula is C17H23N3OS. The van der Waals surface area contributed by atoms with Gasteiger partial charge in [-0.2, -0.15) is 0 Å². The van der Waals surface area contributed by atoms with Gasteiger partial charge in [-0.25, -0.2) is 9.78 Å². The van der Waals surface area contributed by atoms with Crippen LogP contribution in [0.3, 0.4) is 0 Å². The van der Waals surface area contributed by atoms with Gasteiger partial charge in [0, 0.05) is 30.5 Å². The van der Waals surface area contributed by atoms with E-state index in [2.05, 4.69) is 47.0 Å². The first kappa shape index (κ1) is 16.5. The molecule has 5 heteroatoms. The summed E-state index contributed by atoms with van der Waals surface area (Å²) in [5, 5.41) is 8.81. The zero-order valence-corrected chi connectivity index (χ0v) is 14.0. The van der Waals surface area contributed by atoms with Gasteiger partial charge in [0.05, 0.1) is 5.69 Å². The molecule has 0 atom stereocenters. The average Bonchev–Trinajstić information content (AvgIpc) is 2.97. The second-order valence-electron chi connectivity index (χ2n) is 5.63. The van der Waals surface area contributed by atoms with Gasteiger partial charge in [-0.1, -0.05) is 44.2 Å². The number of carbonyl (C=O) groups is 1. The van der Waals surface area contributed by atoms with Crippen LogP contribution in [0.25, 0.3) is 10.6 Å². The topological polar surface area (TPSA) is 54.0 Å². The third-order valence-corrected chi connectivity index (χ3v) is 4.19. The van der Waals surface area contributed by atoms with Crippen molar-refractivity contribution in [2.24, 2.45) is 5.92 Å². The first-order valence-electron chi connectivity index (χ1n) is 7.66. The molecule has 2 aromatic rings. The van der Waals surface area contributed by atoms with Crippen LogP contribution in [0.15, 0.2) is 35.7 Å². The molecule has 0 aliphatic rings. The summed E-state index contributed by atoms with van der Waals surface area (Å²) in [6.45, 7) is 5.61. The number of nitrogens with one attached hydrogen (secondary N) is 2. The van der Waals surface area contributed by atoms with Crippen molar-refractivity contribution in [3.63, 3.8) is 0 Å². The number of aromatic nitrogens is 1. The Morgan fingerprint density at radius 2 is 1.91 bits per heavy atom. The largest absolute Gasteiger partial charge is 0.338 e. The summed E-state index contributed by atoms with van der Waals surface area (Å²) < 4.78 is 0. The lowest BCUT2D eigenvalue weighted by Crippen LogP contribution is -2.37. The van der Waals surface area contributed by atoms with E-state index < -0.39 is 0 Å². The molecule has 118 valence electrons. The highest BCUT2D eigenvalue weighted by molar-refractivity contribution is 7.13. The van der Waals surface area contributed by atoms with Gasteiger partial charge in [-0.05, 0) is 12.3 Å². The molecule has 1 heterocycles. The van der Waals surface area contributed by atoms with Gasteiger partial charge in [0.2, 0.25) is 0 Å². The summed E-state index contributed by atoms with van der Waals surface area (Å²) in [6, 6.07) is 10.0. The Morgan fingerprint density at radius 1 is 1.18 bits per heavy atom. The van der Waals surface area contributed by atoms with E-state index in [1.165, 1.54) is 0 Å². The van der Waals surface area contributed by atoms with Crippen molar-refractivity contribution in [3.05, 3.63) is 41.4 Å². The van der Waals surface area contributed by atoms with E-state index in [1.54, 1.807) is 11.3 Å². The third-order valence-electron chi connectivity index (χ3n) is 3.25. The predicted molar refractivity (Wildman–Crippen MR) is 92.1 cm³/mol. The van der Waals surface area contributed by atoms with Crippen molar-refractivity contribution >= 4 is 17.4 Å². The number of nitrogens with zero attached hydrogens (tertiary/aromatic N) is 1. The van der Waals surface area contributed by atoms with Crippen molar-refractivity contribution in [1.29, 1.82) is 0 Å². The van der Waals surface area contributed by atoms with Gasteiger partial charge in [-0.15, -0.1) is 11.3 Å². The Kier molecular flexibility index (Phi) is 6.40. The minimum absolute atomic E-state index is 0.0980. The van der Waals surface area contributed by atoms with Gasteiger partial charge in [0.25, 0.3) is 0 Å². The number of benzene rings is 1. The molecule has 1 aromatic heterocycles. The first-order chi connectivity index (χ1) is 10.6. The highest BCUT2D eigenvalue weighted by atomic mass is 32.1. The highest BCUT2D eigenvalue weighted by Gasteiger charge is 2.05. The normalized spacial score (nSPS) is 10.7. The molecule has 0 saturated carbocycles. The summed E-state index contributed by atoms with van der Waals surface area (Å²) in [5.41, 5.74) is 2.16. The van der Waals surface area contributed by atoms with Crippen molar-refractivity contribution in [3.8, 4) is 10.6 Å². The SMILES string of the molecule is CC(C)CCNC(=O)NCCc1csc(-c2ccccc2)n1. The van der Waals surface area contributed by atoms with Crippen LogP contribution < -0.4 is 10.6 Å². The van der Waals surface area contributed by atoms with Crippen LogP contribution in [-0.2, 0) is 6.42 Å². The molecule has 0 saturated heterocycles. The van der Waals surface area contributed by atoms with Crippen molar-refractivity contribution < 1.29 is 4.79 Å². The maximum absolute atomic E-state index is 11.6. The summed E-state index contributed by atoms with van der Waals surface area (Å²) in [7, 11) is 0. The Morgan fingerprint density at radius 3 is 2.64 bits per heavy atom. The maximum atomic E-state index is 11.6. The molecule has 2 rings (SSSR count). The molecule has 2 amide bonds. The summed E-state index contributed by atoms with van der Waals surface area (Å²) in [4.78, 5) is 16.2. The lowest BCUT2D eigenvalue weighted by molar-refractivity contribution is 0.240. The fourth-order valence-electron chi connectivity index (χ4n) is 1.98. The fourth-order valence-corrected chi connectivity index (χ4v) is 2.84. The zero-order chi connectivity index (χ0) is 15.8. The summed E-state index contributed by atoms with van der Waals surface area (Å²) in [5.74, 6) is 0.603. The molecule has 0 bridgehead atoms. The Labute approximate surface area is 136 Å². The predicted octanol–water partition coefficient (Wildman–Crippen LogP) is 3.70. The monoisotopic (exact) mass is 317 g/mol. The molecule has 0 unspecified atom stereocenters. The standard InChI is InChI=1S/C17H23N3OS/c1-13(2)8-10-18-17(21)19-11-9-15-12-22-16(20-15)14-6-4-3-5-7-14/h3-7,12-13H,8-11H2,1-2H3,(H2,18,19,21). The van der Waals surface area contributed by atoms with Gasteiger partial charge < -0.3 is 10.6 Å².